The number of aromatic carboxylic acids is 1. The molecule has 1 aliphatic rings. The van der Waals surface area contributed by atoms with E-state index in [0.29, 0.717) is 64.4 Å². The molecule has 7 nitrogen and oxygen atoms in total. The van der Waals surface area contributed by atoms with Gasteiger partial charge in [-0.3, -0.25) is 0 Å². The van der Waals surface area contributed by atoms with Gasteiger partial charge in [-0.25, -0.2) is 4.79 Å². The number of benzene rings is 4. The molecule has 4 aromatic carbocycles. The van der Waals surface area contributed by atoms with Crippen molar-refractivity contribution in [3.8, 4) is 11.5 Å². The van der Waals surface area contributed by atoms with Crippen molar-refractivity contribution < 1.29 is 33.6 Å². The Morgan fingerprint density at radius 1 is 0.512 bits per heavy atom. The van der Waals surface area contributed by atoms with Gasteiger partial charge in [-0.2, -0.15) is 0 Å². The molecule has 1 radical (unpaired) electrons. The van der Waals surface area contributed by atoms with E-state index in [1.807, 2.05) is 0 Å². The van der Waals surface area contributed by atoms with Crippen molar-refractivity contribution in [2.24, 2.45) is 0 Å². The zero-order chi connectivity index (χ0) is 28.5. The SMILES string of the molecule is O=C(O)c1ccc2c(c1)OCCOCCOCCOCCO2.c1cc[c]([Sn]([c]2ccccc2)[c]2ccccc2)cc1. The Labute approximate surface area is 248 Å². The van der Waals surface area contributed by atoms with Crippen LogP contribution in [-0.2, 0) is 14.2 Å². The van der Waals surface area contributed by atoms with Gasteiger partial charge in [0.25, 0.3) is 0 Å². The van der Waals surface area contributed by atoms with Crippen LogP contribution in [0.3, 0.4) is 0 Å². The third kappa shape index (κ3) is 10.2. The van der Waals surface area contributed by atoms with Crippen LogP contribution in [0.1, 0.15) is 10.4 Å². The standard InChI is InChI=1S/C15H20O7.3C6H5.Sn/c16-15(17)12-1-2-13-14(11-12)22-10-8-20-6-4-18-3-5-19-7-9-21-13;3*1-2-4-6-5-3-1;/h1-2,11H,3-10H2,(H,16,17);3*1-5H;. The Hall–Kier alpha value is -3.37. The summed E-state index contributed by atoms with van der Waals surface area (Å²) < 4.78 is 31.8. The van der Waals surface area contributed by atoms with E-state index in [9.17, 15) is 4.79 Å². The fraction of sp³-hybridized carbons (Fsp3) is 0.242. The number of hydrogen-bond donors (Lipinski definition) is 1. The van der Waals surface area contributed by atoms with Crippen LogP contribution in [-0.4, -0.2) is 83.7 Å². The first-order chi connectivity index (χ1) is 20.2. The first-order valence-electron chi connectivity index (χ1n) is 13.6. The van der Waals surface area contributed by atoms with Crippen LogP contribution in [0.4, 0.5) is 0 Å². The van der Waals surface area contributed by atoms with Gasteiger partial charge < -0.3 is 28.8 Å². The quantitative estimate of drug-likeness (QED) is 0.336. The molecule has 0 bridgehead atoms. The molecule has 4 aromatic rings. The van der Waals surface area contributed by atoms with Crippen molar-refractivity contribution in [1.29, 1.82) is 0 Å². The molecule has 0 fully saturated rings. The maximum absolute atomic E-state index is 11.0. The number of rotatable bonds is 4. The Morgan fingerprint density at radius 3 is 1.32 bits per heavy atom. The fourth-order valence-electron chi connectivity index (χ4n) is 4.15. The summed E-state index contributed by atoms with van der Waals surface area (Å²) in [5.74, 6) is -0.145. The second-order valence-electron chi connectivity index (χ2n) is 8.97. The minimum absolute atomic E-state index is 0.144. The van der Waals surface area contributed by atoms with Crippen molar-refractivity contribution in [3.63, 3.8) is 0 Å². The molecular weight excluding hydrogens is 627 g/mol. The van der Waals surface area contributed by atoms with Crippen molar-refractivity contribution in [2.45, 2.75) is 0 Å². The summed E-state index contributed by atoms with van der Waals surface area (Å²) in [6, 6.07) is 37.4. The molecule has 5 rings (SSSR count). The number of carbonyl (C=O) groups is 1. The molecule has 0 amide bonds. The van der Waals surface area contributed by atoms with Crippen LogP contribution in [0.2, 0.25) is 0 Å². The van der Waals surface area contributed by atoms with Gasteiger partial charge in [-0.1, -0.05) is 0 Å². The first kappa shape index (κ1) is 30.6. The van der Waals surface area contributed by atoms with Gasteiger partial charge in [-0.15, -0.1) is 0 Å². The Morgan fingerprint density at radius 2 is 0.902 bits per heavy atom. The molecule has 1 heterocycles. The van der Waals surface area contributed by atoms with Crippen LogP contribution < -0.4 is 20.2 Å². The van der Waals surface area contributed by atoms with Crippen molar-refractivity contribution in [1.82, 2.24) is 0 Å². The summed E-state index contributed by atoms with van der Waals surface area (Å²) in [5.41, 5.74) is 0.144. The minimum atomic E-state index is -1.98. The van der Waals surface area contributed by atoms with E-state index in [1.54, 1.807) is 6.07 Å². The molecule has 41 heavy (non-hydrogen) atoms. The predicted octanol–water partition coefficient (Wildman–Crippen LogP) is 3.41. The summed E-state index contributed by atoms with van der Waals surface area (Å²) in [4.78, 5) is 11.0. The average Bonchev–Trinajstić information content (AvgIpc) is 3.02. The van der Waals surface area contributed by atoms with Gasteiger partial charge in [-0.05, 0) is 18.2 Å². The van der Waals surface area contributed by atoms with E-state index in [2.05, 4.69) is 91.0 Å². The molecule has 0 unspecified atom stereocenters. The summed E-state index contributed by atoms with van der Waals surface area (Å²) in [5, 5.41) is 9.04. The number of hydrogen-bond acceptors (Lipinski definition) is 6. The van der Waals surface area contributed by atoms with E-state index in [1.165, 1.54) is 22.9 Å². The summed E-state index contributed by atoms with van der Waals surface area (Å²) >= 11 is -1.98. The number of carboxylic acids is 1. The third-order valence-corrected chi connectivity index (χ3v) is 13.9. The van der Waals surface area contributed by atoms with Crippen molar-refractivity contribution >= 4 is 36.5 Å². The van der Waals surface area contributed by atoms with Gasteiger partial charge in [0.05, 0.1) is 45.2 Å². The first-order valence-corrected chi connectivity index (χ1v) is 17.9. The second-order valence-corrected chi connectivity index (χ2v) is 16.1. The molecule has 8 heteroatoms. The fourth-order valence-corrected chi connectivity index (χ4v) is 11.5. The van der Waals surface area contributed by atoms with Gasteiger partial charge in [0.2, 0.25) is 0 Å². The molecule has 0 aromatic heterocycles. The third-order valence-electron chi connectivity index (χ3n) is 6.09. The molecular formula is C33H35O7Sn. The maximum atomic E-state index is 11.0. The van der Waals surface area contributed by atoms with E-state index >= 15 is 0 Å². The van der Waals surface area contributed by atoms with E-state index in [0.717, 1.165) is 0 Å². The van der Waals surface area contributed by atoms with Crippen LogP contribution in [0.25, 0.3) is 0 Å². The van der Waals surface area contributed by atoms with Crippen molar-refractivity contribution in [3.05, 3.63) is 115 Å². The van der Waals surface area contributed by atoms with Gasteiger partial charge in [0.15, 0.2) is 11.5 Å². The monoisotopic (exact) mass is 663 g/mol. The molecule has 0 saturated carbocycles. The van der Waals surface area contributed by atoms with Crippen LogP contribution in [0.5, 0.6) is 11.5 Å². The van der Waals surface area contributed by atoms with E-state index < -0.39 is 25.7 Å². The normalized spacial score (nSPS) is 14.6. The van der Waals surface area contributed by atoms with E-state index in [4.69, 9.17) is 28.8 Å². The molecule has 1 aliphatic heterocycles. The number of carboxylic acid groups (broad SMARTS) is 1. The van der Waals surface area contributed by atoms with Crippen LogP contribution >= 0.6 is 0 Å². The molecule has 213 valence electrons. The van der Waals surface area contributed by atoms with Crippen LogP contribution in [0, 0.1) is 0 Å². The van der Waals surface area contributed by atoms with Crippen LogP contribution in [0.15, 0.2) is 109 Å². The number of ether oxygens (including phenoxy) is 5. The molecule has 0 aliphatic carbocycles. The molecule has 0 atom stereocenters. The van der Waals surface area contributed by atoms with E-state index in [-0.39, 0.29) is 5.56 Å². The molecule has 0 spiro atoms. The topological polar surface area (TPSA) is 83.5 Å². The average molecular weight is 662 g/mol. The van der Waals surface area contributed by atoms with Gasteiger partial charge in [0, 0.05) is 0 Å². The molecule has 0 saturated heterocycles. The second kappa shape index (κ2) is 17.4. The Balaban J connectivity index is 0.000000191. The Bertz CT molecular complexity index is 1210. The van der Waals surface area contributed by atoms with Crippen molar-refractivity contribution in [2.75, 3.05) is 52.9 Å². The predicted molar refractivity (Wildman–Crippen MR) is 161 cm³/mol. The zero-order valence-electron chi connectivity index (χ0n) is 22.9. The number of fused-ring (bicyclic) bond motifs is 1. The summed E-state index contributed by atoms with van der Waals surface area (Å²) in [7, 11) is 0. The van der Waals surface area contributed by atoms with Gasteiger partial charge >= 0.3 is 127 Å². The molecule has 1 N–H and O–H groups in total. The Kier molecular flexibility index (Phi) is 13.0. The summed E-state index contributed by atoms with van der Waals surface area (Å²) in [6.45, 7) is 3.43. The zero-order valence-corrected chi connectivity index (χ0v) is 25.8. The summed E-state index contributed by atoms with van der Waals surface area (Å²) in [6.07, 6.45) is 0. The van der Waals surface area contributed by atoms with Gasteiger partial charge in [0.1, 0.15) is 13.2 Å².